The maximum absolute atomic E-state index is 14.6. The summed E-state index contributed by atoms with van der Waals surface area (Å²) < 4.78 is 30.6. The van der Waals surface area contributed by atoms with E-state index in [9.17, 15) is 9.18 Å². The van der Waals surface area contributed by atoms with Crippen molar-refractivity contribution in [1.29, 1.82) is 0 Å². The third-order valence-corrected chi connectivity index (χ3v) is 4.13. The number of hydrogen-bond donors (Lipinski definition) is 0. The molecule has 1 aromatic carbocycles. The second kappa shape index (κ2) is 5.37. The number of isocyanates is 1. The molecule has 0 bridgehead atoms. The van der Waals surface area contributed by atoms with Gasteiger partial charge in [0.15, 0.2) is 11.5 Å². The first-order chi connectivity index (χ1) is 10.2. The highest BCUT2D eigenvalue weighted by molar-refractivity contribution is 5.56. The molecule has 5 nitrogen and oxygen atoms in total. The summed E-state index contributed by atoms with van der Waals surface area (Å²) in [7, 11) is 1.39. The van der Waals surface area contributed by atoms with Crippen LogP contribution in [0.1, 0.15) is 31.2 Å². The second-order valence-corrected chi connectivity index (χ2v) is 5.24. The predicted molar refractivity (Wildman–Crippen MR) is 72.2 cm³/mol. The van der Waals surface area contributed by atoms with Crippen LogP contribution in [0.5, 0.6) is 17.2 Å². The molecule has 3 rings (SSSR count). The lowest BCUT2D eigenvalue weighted by Gasteiger charge is -2.28. The molecule has 21 heavy (non-hydrogen) atoms. The van der Waals surface area contributed by atoms with Gasteiger partial charge in [0.25, 0.3) is 0 Å². The first-order valence-corrected chi connectivity index (χ1v) is 6.97. The van der Waals surface area contributed by atoms with Gasteiger partial charge in [0.05, 0.1) is 7.11 Å². The van der Waals surface area contributed by atoms with Crippen LogP contribution in [0, 0.1) is 5.82 Å². The molecule has 112 valence electrons. The Balaban J connectivity index is 2.21. The number of methoxy groups -OCH3 is 1. The molecule has 0 spiro atoms. The molecule has 0 radical (unpaired) electrons. The zero-order valence-corrected chi connectivity index (χ0v) is 11.8. The zero-order chi connectivity index (χ0) is 14.9. The number of benzene rings is 1. The van der Waals surface area contributed by atoms with E-state index in [1.54, 1.807) is 12.1 Å². The van der Waals surface area contributed by atoms with E-state index in [1.807, 2.05) is 0 Å². The predicted octanol–water partition coefficient (Wildman–Crippen LogP) is 2.71. The van der Waals surface area contributed by atoms with Crippen LogP contribution in [0.3, 0.4) is 0 Å². The maximum Gasteiger partial charge on any atom is 0.235 e. The quantitative estimate of drug-likeness (QED) is 0.635. The SMILES string of the molecule is COc1c(C2(N=C=O)CCCC2)cc2c(c1F)OCCO2. The van der Waals surface area contributed by atoms with E-state index in [1.165, 1.54) is 7.11 Å². The Labute approximate surface area is 121 Å². The summed E-state index contributed by atoms with van der Waals surface area (Å²) in [6.07, 6.45) is 4.80. The molecule has 2 aliphatic rings. The van der Waals surface area contributed by atoms with Gasteiger partial charge in [-0.15, -0.1) is 0 Å². The van der Waals surface area contributed by atoms with Gasteiger partial charge in [-0.05, 0) is 18.9 Å². The van der Waals surface area contributed by atoms with Crippen LogP contribution in [0.2, 0.25) is 0 Å². The first kappa shape index (κ1) is 13.9. The summed E-state index contributed by atoms with van der Waals surface area (Å²) in [5.74, 6) is -0.135. The Kier molecular flexibility index (Phi) is 3.55. The molecular weight excluding hydrogens is 277 g/mol. The molecule has 1 heterocycles. The summed E-state index contributed by atoms with van der Waals surface area (Å²) in [5.41, 5.74) is -0.239. The Hall–Kier alpha value is -2.07. The number of fused-ring (bicyclic) bond motifs is 1. The van der Waals surface area contributed by atoms with Gasteiger partial charge in [0, 0.05) is 5.56 Å². The van der Waals surface area contributed by atoms with Crippen molar-refractivity contribution in [3.63, 3.8) is 0 Å². The second-order valence-electron chi connectivity index (χ2n) is 5.24. The van der Waals surface area contributed by atoms with E-state index in [0.29, 0.717) is 37.4 Å². The zero-order valence-electron chi connectivity index (χ0n) is 11.8. The van der Waals surface area contributed by atoms with Crippen molar-refractivity contribution in [3.8, 4) is 17.2 Å². The van der Waals surface area contributed by atoms with Crippen LogP contribution < -0.4 is 14.2 Å². The first-order valence-electron chi connectivity index (χ1n) is 6.97. The van der Waals surface area contributed by atoms with Crippen molar-refractivity contribution in [2.75, 3.05) is 20.3 Å². The lowest BCUT2D eigenvalue weighted by atomic mass is 9.87. The van der Waals surface area contributed by atoms with Gasteiger partial charge in [-0.1, -0.05) is 12.8 Å². The number of ether oxygens (including phenoxy) is 3. The highest BCUT2D eigenvalue weighted by Gasteiger charge is 2.41. The van der Waals surface area contributed by atoms with E-state index in [0.717, 1.165) is 12.8 Å². The van der Waals surface area contributed by atoms with Crippen molar-refractivity contribution in [1.82, 2.24) is 0 Å². The molecule has 0 N–H and O–H groups in total. The Morgan fingerprint density at radius 2 is 2.05 bits per heavy atom. The van der Waals surface area contributed by atoms with Crippen LogP contribution in [0.15, 0.2) is 11.1 Å². The van der Waals surface area contributed by atoms with Crippen LogP contribution in [-0.4, -0.2) is 26.4 Å². The van der Waals surface area contributed by atoms with Gasteiger partial charge in [-0.25, -0.2) is 4.79 Å². The number of nitrogens with zero attached hydrogens (tertiary/aromatic N) is 1. The van der Waals surface area contributed by atoms with Crippen molar-refractivity contribution in [2.45, 2.75) is 31.2 Å². The molecule has 1 aliphatic carbocycles. The topological polar surface area (TPSA) is 57.1 Å². The molecule has 1 fully saturated rings. The monoisotopic (exact) mass is 293 g/mol. The number of hydrogen-bond acceptors (Lipinski definition) is 5. The van der Waals surface area contributed by atoms with Gasteiger partial charge in [-0.3, -0.25) is 0 Å². The molecule has 0 atom stereocenters. The smallest absolute Gasteiger partial charge is 0.235 e. The van der Waals surface area contributed by atoms with Crippen LogP contribution in [0.25, 0.3) is 0 Å². The highest BCUT2D eigenvalue weighted by Crippen LogP contribution is 2.50. The molecule has 0 unspecified atom stereocenters. The van der Waals surface area contributed by atoms with Crippen LogP contribution in [0.4, 0.5) is 4.39 Å². The van der Waals surface area contributed by atoms with E-state index < -0.39 is 11.4 Å². The van der Waals surface area contributed by atoms with Gasteiger partial charge in [-0.2, -0.15) is 9.38 Å². The highest BCUT2D eigenvalue weighted by atomic mass is 19.1. The Morgan fingerprint density at radius 3 is 2.71 bits per heavy atom. The van der Waals surface area contributed by atoms with Crippen molar-refractivity contribution in [2.24, 2.45) is 4.99 Å². The summed E-state index contributed by atoms with van der Waals surface area (Å²) in [6.45, 7) is 0.659. The molecule has 1 saturated carbocycles. The summed E-state index contributed by atoms with van der Waals surface area (Å²) in [4.78, 5) is 14.8. The maximum atomic E-state index is 14.6. The largest absolute Gasteiger partial charge is 0.493 e. The van der Waals surface area contributed by atoms with Crippen molar-refractivity contribution in [3.05, 3.63) is 17.4 Å². The van der Waals surface area contributed by atoms with Crippen LogP contribution in [-0.2, 0) is 10.3 Å². The normalized spacial score (nSPS) is 19.0. The Bertz CT molecular complexity index is 604. The third kappa shape index (κ3) is 2.16. The fraction of sp³-hybridized carbons (Fsp3) is 0.533. The number of rotatable bonds is 3. The summed E-state index contributed by atoms with van der Waals surface area (Å²) in [5, 5.41) is 0. The fourth-order valence-corrected chi connectivity index (χ4v) is 3.16. The minimum absolute atomic E-state index is 0.0603. The molecular formula is C15H16FNO4. The average Bonchev–Trinajstić information content (AvgIpc) is 2.97. The molecule has 0 aromatic heterocycles. The average molecular weight is 293 g/mol. The van der Waals surface area contributed by atoms with Gasteiger partial charge < -0.3 is 14.2 Å². The van der Waals surface area contributed by atoms with Crippen molar-refractivity contribution >= 4 is 6.08 Å². The minimum atomic E-state index is -0.774. The van der Waals surface area contributed by atoms with E-state index in [2.05, 4.69) is 4.99 Å². The molecule has 0 saturated heterocycles. The van der Waals surface area contributed by atoms with E-state index in [4.69, 9.17) is 14.2 Å². The molecule has 1 aliphatic heterocycles. The fourth-order valence-electron chi connectivity index (χ4n) is 3.16. The summed E-state index contributed by atoms with van der Waals surface area (Å²) in [6, 6.07) is 1.68. The van der Waals surface area contributed by atoms with Crippen molar-refractivity contribution < 1.29 is 23.4 Å². The van der Waals surface area contributed by atoms with Gasteiger partial charge >= 0.3 is 0 Å². The van der Waals surface area contributed by atoms with E-state index >= 15 is 0 Å². The third-order valence-electron chi connectivity index (χ3n) is 4.13. The van der Waals surface area contributed by atoms with Gasteiger partial charge in [0.1, 0.15) is 18.8 Å². The van der Waals surface area contributed by atoms with Crippen LogP contribution >= 0.6 is 0 Å². The molecule has 0 amide bonds. The number of aliphatic imine (C=N–C) groups is 1. The Morgan fingerprint density at radius 1 is 1.33 bits per heavy atom. The van der Waals surface area contributed by atoms with E-state index in [-0.39, 0.29) is 11.5 Å². The number of carbonyl (C=O) groups excluding carboxylic acids is 1. The minimum Gasteiger partial charge on any atom is -0.493 e. The molecule has 6 heteroatoms. The van der Waals surface area contributed by atoms with Gasteiger partial charge in [0.2, 0.25) is 17.6 Å². The standard InChI is InChI=1S/C15H16FNO4/c1-19-13-10(15(17-9-18)4-2-3-5-15)8-11-14(12(13)16)21-7-6-20-11/h8H,2-7H2,1H3. The lowest BCUT2D eigenvalue weighted by molar-refractivity contribution is 0.161. The summed E-state index contributed by atoms with van der Waals surface area (Å²) >= 11 is 0. The molecule has 1 aromatic rings. The lowest BCUT2D eigenvalue weighted by Crippen LogP contribution is -2.23. The number of halogens is 1.